The lowest BCUT2D eigenvalue weighted by atomic mass is 10.2. The maximum atomic E-state index is 9.07. The van der Waals surface area contributed by atoms with E-state index in [1.807, 2.05) is 24.3 Å². The normalized spacial score (nSPS) is 10.5. The molecule has 0 saturated carbocycles. The minimum absolute atomic E-state index is 0.0558. The van der Waals surface area contributed by atoms with Gasteiger partial charge in [-0.3, -0.25) is 0 Å². The molecule has 1 heterocycles. The van der Waals surface area contributed by atoms with E-state index in [1.165, 1.54) is 0 Å². The molecule has 3 rings (SSSR count). The molecule has 7 nitrogen and oxygen atoms in total. The number of anilines is 2. The molecule has 0 aliphatic rings. The molecule has 3 N–H and O–H groups in total. The van der Waals surface area contributed by atoms with Crippen LogP contribution < -0.4 is 14.8 Å². The fourth-order valence-electron chi connectivity index (χ4n) is 2.56. The average molecular weight is 400 g/mol. The molecule has 0 aliphatic heterocycles. The summed E-state index contributed by atoms with van der Waals surface area (Å²) in [4.78, 5) is 8.51. The highest BCUT2D eigenvalue weighted by atomic mass is 35.5. The number of nitrogens with zero attached hydrogens (tertiary/aromatic N) is 2. The molecule has 3 aromatic rings. The molecule has 0 atom stereocenters. The van der Waals surface area contributed by atoms with Crippen molar-refractivity contribution in [2.24, 2.45) is 0 Å². The van der Waals surface area contributed by atoms with Crippen molar-refractivity contribution >= 4 is 34.0 Å². The second-order valence-electron chi connectivity index (χ2n) is 5.65. The summed E-state index contributed by atoms with van der Waals surface area (Å²) in [7, 11) is 0. The fraction of sp³-hybridized carbons (Fsp3) is 0.200. The summed E-state index contributed by atoms with van der Waals surface area (Å²) in [5.41, 5.74) is 1.99. The quantitative estimate of drug-likeness (QED) is 0.396. The van der Waals surface area contributed by atoms with Gasteiger partial charge in [0, 0.05) is 22.7 Å². The van der Waals surface area contributed by atoms with Crippen molar-refractivity contribution in [2.75, 3.05) is 31.7 Å². The number of ether oxygens (including phenoxy) is 2. The Balaban J connectivity index is 2.07. The number of terminal acetylenes is 1. The first kappa shape index (κ1) is 19.7. The third kappa shape index (κ3) is 4.61. The highest BCUT2D eigenvalue weighted by molar-refractivity contribution is 6.28. The van der Waals surface area contributed by atoms with E-state index in [-0.39, 0.29) is 31.7 Å². The smallest absolute Gasteiger partial charge is 0.224 e. The molecule has 28 heavy (non-hydrogen) atoms. The molecule has 1 aromatic heterocycles. The van der Waals surface area contributed by atoms with Crippen LogP contribution in [-0.2, 0) is 0 Å². The second kappa shape index (κ2) is 9.24. The lowest BCUT2D eigenvalue weighted by Crippen LogP contribution is -2.07. The van der Waals surface area contributed by atoms with Crippen molar-refractivity contribution in [1.82, 2.24) is 9.97 Å². The molecular weight excluding hydrogens is 382 g/mol. The highest BCUT2D eigenvalue weighted by Gasteiger charge is 2.14. The molecule has 8 heteroatoms. The summed E-state index contributed by atoms with van der Waals surface area (Å²) in [5.74, 6) is 3.82. The van der Waals surface area contributed by atoms with E-state index in [1.54, 1.807) is 12.1 Å². The van der Waals surface area contributed by atoms with Gasteiger partial charge in [0.05, 0.1) is 18.7 Å². The fourth-order valence-corrected chi connectivity index (χ4v) is 2.74. The van der Waals surface area contributed by atoms with Gasteiger partial charge in [-0.25, -0.2) is 4.98 Å². The Kier molecular flexibility index (Phi) is 6.50. The third-order valence-electron chi connectivity index (χ3n) is 3.72. The largest absolute Gasteiger partial charge is 0.487 e. The minimum atomic E-state index is -0.154. The topological polar surface area (TPSA) is 96.7 Å². The van der Waals surface area contributed by atoms with Gasteiger partial charge >= 0.3 is 0 Å². The number of benzene rings is 2. The summed E-state index contributed by atoms with van der Waals surface area (Å²) in [5, 5.41) is 22.0. The number of halogens is 1. The zero-order chi connectivity index (χ0) is 19.9. The van der Waals surface area contributed by atoms with Crippen LogP contribution in [0.4, 0.5) is 11.5 Å². The SMILES string of the molecule is C#Cc1cccc(Nc2nc(Cl)nc3cc(OCCO)c(OCCO)cc23)c1. The van der Waals surface area contributed by atoms with Crippen molar-refractivity contribution in [3.05, 3.63) is 47.2 Å². The Labute approximate surface area is 166 Å². The maximum Gasteiger partial charge on any atom is 0.224 e. The standard InChI is InChI=1S/C20H18ClN3O4/c1-2-13-4-3-5-14(10-13)22-19-15-11-17(27-8-6-25)18(28-9-7-26)12-16(15)23-20(21)24-19/h1,3-5,10-12,25-26H,6-9H2,(H,22,23,24). The first-order valence-electron chi connectivity index (χ1n) is 8.47. The number of hydrogen-bond acceptors (Lipinski definition) is 7. The van der Waals surface area contributed by atoms with Gasteiger partial charge in [-0.05, 0) is 35.9 Å². The van der Waals surface area contributed by atoms with Crippen LogP contribution in [0.25, 0.3) is 10.9 Å². The molecule has 0 spiro atoms. The molecule has 0 amide bonds. The molecule has 0 aliphatic carbocycles. The van der Waals surface area contributed by atoms with Gasteiger partial charge in [-0.1, -0.05) is 12.0 Å². The number of aromatic nitrogens is 2. The Morgan fingerprint density at radius 2 is 1.75 bits per heavy atom. The van der Waals surface area contributed by atoms with Gasteiger partial charge in [-0.15, -0.1) is 6.42 Å². The molecule has 0 unspecified atom stereocenters. The van der Waals surface area contributed by atoms with Gasteiger partial charge < -0.3 is 25.0 Å². The number of nitrogens with one attached hydrogen (secondary N) is 1. The highest BCUT2D eigenvalue weighted by Crippen LogP contribution is 2.36. The van der Waals surface area contributed by atoms with Crippen molar-refractivity contribution in [3.63, 3.8) is 0 Å². The average Bonchev–Trinajstić information content (AvgIpc) is 2.70. The third-order valence-corrected chi connectivity index (χ3v) is 3.89. The first-order valence-corrected chi connectivity index (χ1v) is 8.84. The molecule has 2 aromatic carbocycles. The van der Waals surface area contributed by atoms with Crippen LogP contribution in [0, 0.1) is 12.3 Å². The van der Waals surface area contributed by atoms with Crippen molar-refractivity contribution in [2.45, 2.75) is 0 Å². The lowest BCUT2D eigenvalue weighted by molar-refractivity contribution is 0.178. The summed E-state index contributed by atoms with van der Waals surface area (Å²) < 4.78 is 11.1. The Hall–Kier alpha value is -3.05. The maximum absolute atomic E-state index is 9.07. The zero-order valence-electron chi connectivity index (χ0n) is 14.9. The van der Waals surface area contributed by atoms with Crippen molar-refractivity contribution < 1.29 is 19.7 Å². The summed E-state index contributed by atoms with van der Waals surface area (Å²) in [6.07, 6.45) is 5.46. The van der Waals surface area contributed by atoms with E-state index in [9.17, 15) is 0 Å². The van der Waals surface area contributed by atoms with Gasteiger partial charge in [0.1, 0.15) is 19.0 Å². The van der Waals surface area contributed by atoms with Crippen LogP contribution in [-0.4, -0.2) is 46.6 Å². The van der Waals surface area contributed by atoms with Crippen LogP contribution >= 0.6 is 11.6 Å². The molecular formula is C20H18ClN3O4. The van der Waals surface area contributed by atoms with E-state index in [4.69, 9.17) is 37.7 Å². The van der Waals surface area contributed by atoms with Crippen LogP contribution in [0.3, 0.4) is 0 Å². The summed E-state index contributed by atoms with van der Waals surface area (Å²) in [6, 6.07) is 10.7. The number of fused-ring (bicyclic) bond motifs is 1. The van der Waals surface area contributed by atoms with Crippen LogP contribution in [0.5, 0.6) is 11.5 Å². The molecule has 0 radical (unpaired) electrons. The number of hydrogen-bond donors (Lipinski definition) is 3. The van der Waals surface area contributed by atoms with Crippen molar-refractivity contribution in [3.8, 4) is 23.8 Å². The monoisotopic (exact) mass is 399 g/mol. The van der Waals surface area contributed by atoms with E-state index >= 15 is 0 Å². The van der Waals surface area contributed by atoms with Crippen molar-refractivity contribution in [1.29, 1.82) is 0 Å². The lowest BCUT2D eigenvalue weighted by Gasteiger charge is -2.15. The van der Waals surface area contributed by atoms with E-state index in [0.29, 0.717) is 28.2 Å². The van der Waals surface area contributed by atoms with Crippen LogP contribution in [0.15, 0.2) is 36.4 Å². The van der Waals surface area contributed by atoms with E-state index < -0.39 is 0 Å². The van der Waals surface area contributed by atoms with Gasteiger partial charge in [-0.2, -0.15) is 4.98 Å². The van der Waals surface area contributed by atoms with Crippen LogP contribution in [0.1, 0.15) is 5.56 Å². The number of rotatable bonds is 8. The first-order chi connectivity index (χ1) is 13.6. The summed E-state index contributed by atoms with van der Waals surface area (Å²) >= 11 is 6.09. The molecule has 0 fully saturated rings. The Morgan fingerprint density at radius 3 is 2.43 bits per heavy atom. The van der Waals surface area contributed by atoms with Crippen LogP contribution in [0.2, 0.25) is 5.28 Å². The molecule has 0 bridgehead atoms. The van der Waals surface area contributed by atoms with E-state index in [2.05, 4.69) is 21.2 Å². The molecule has 0 saturated heterocycles. The number of aliphatic hydroxyl groups excluding tert-OH is 2. The van der Waals surface area contributed by atoms with Gasteiger partial charge in [0.2, 0.25) is 5.28 Å². The van der Waals surface area contributed by atoms with E-state index in [0.717, 1.165) is 11.3 Å². The predicted octanol–water partition coefficient (Wildman–Crippen LogP) is 2.75. The summed E-state index contributed by atoms with van der Waals surface area (Å²) in [6.45, 7) is -0.134. The van der Waals surface area contributed by atoms with Gasteiger partial charge in [0.15, 0.2) is 11.5 Å². The Morgan fingerprint density at radius 1 is 1.04 bits per heavy atom. The minimum Gasteiger partial charge on any atom is -0.487 e. The van der Waals surface area contributed by atoms with Gasteiger partial charge in [0.25, 0.3) is 0 Å². The second-order valence-corrected chi connectivity index (χ2v) is 5.99. The number of aliphatic hydroxyl groups is 2. The Bertz CT molecular complexity index is 1020. The molecule has 144 valence electrons. The zero-order valence-corrected chi connectivity index (χ0v) is 15.6. The predicted molar refractivity (Wildman–Crippen MR) is 107 cm³/mol.